The Bertz CT molecular complexity index is 1180. The number of nitrogens with one attached hydrogen (secondary N) is 1. The molecule has 6 nitrogen and oxygen atoms in total. The van der Waals surface area contributed by atoms with E-state index < -0.39 is 5.25 Å². The second-order valence-electron chi connectivity index (χ2n) is 6.97. The molecule has 0 bridgehead atoms. The highest BCUT2D eigenvalue weighted by Crippen LogP contribution is 2.29. The molecule has 0 aliphatic carbocycles. The van der Waals surface area contributed by atoms with Crippen LogP contribution in [0.3, 0.4) is 0 Å². The summed E-state index contributed by atoms with van der Waals surface area (Å²) in [7, 11) is 0. The quantitative estimate of drug-likeness (QED) is 0.342. The first kappa shape index (κ1) is 22.0. The molecule has 4 aromatic rings. The van der Waals surface area contributed by atoms with Gasteiger partial charge < -0.3 is 10.4 Å². The molecular formula is C24H22N4O2S2. The first-order valence-electron chi connectivity index (χ1n) is 10.0. The molecule has 0 saturated heterocycles. The lowest BCUT2D eigenvalue weighted by molar-refractivity contribution is -0.115. The van der Waals surface area contributed by atoms with Crippen LogP contribution in [0, 0.1) is 0 Å². The number of aromatic hydroxyl groups is 1. The van der Waals surface area contributed by atoms with Crippen LogP contribution in [0.5, 0.6) is 5.75 Å². The topological polar surface area (TPSA) is 80.0 Å². The standard InChI is InChI=1S/C24H22N4O2S2/c1-17(23(30)25-18-9-8-12-20(29)15-18)32-24-27-26-22(16-31-21-13-6-3-7-14-21)28(24)19-10-4-2-5-11-19/h2-15,17,29H,16H2,1H3,(H,25,30). The average Bonchev–Trinajstić information content (AvgIpc) is 3.21. The Morgan fingerprint density at radius 3 is 2.44 bits per heavy atom. The Hall–Kier alpha value is -3.23. The molecule has 1 amide bonds. The van der Waals surface area contributed by atoms with Crippen LogP contribution in [0.15, 0.2) is 95.0 Å². The number of aromatic nitrogens is 3. The van der Waals surface area contributed by atoms with E-state index in [9.17, 15) is 9.90 Å². The van der Waals surface area contributed by atoms with Crippen molar-refractivity contribution < 1.29 is 9.90 Å². The van der Waals surface area contributed by atoms with Gasteiger partial charge in [-0.1, -0.05) is 54.2 Å². The fraction of sp³-hybridized carbons (Fsp3) is 0.125. The molecule has 0 fully saturated rings. The van der Waals surface area contributed by atoms with Crippen molar-refractivity contribution in [1.82, 2.24) is 14.8 Å². The molecule has 162 valence electrons. The molecule has 4 rings (SSSR count). The summed E-state index contributed by atoms with van der Waals surface area (Å²) in [4.78, 5) is 13.9. The summed E-state index contributed by atoms with van der Waals surface area (Å²) < 4.78 is 2.00. The molecule has 1 unspecified atom stereocenters. The van der Waals surface area contributed by atoms with E-state index in [1.165, 1.54) is 17.8 Å². The minimum absolute atomic E-state index is 0.104. The predicted octanol–water partition coefficient (Wildman–Crippen LogP) is 5.38. The number of anilines is 1. The van der Waals surface area contributed by atoms with Gasteiger partial charge >= 0.3 is 0 Å². The molecule has 0 aliphatic rings. The van der Waals surface area contributed by atoms with Crippen molar-refractivity contribution in [3.63, 3.8) is 0 Å². The smallest absolute Gasteiger partial charge is 0.237 e. The molecule has 3 aromatic carbocycles. The summed E-state index contributed by atoms with van der Waals surface area (Å²) in [5.74, 6) is 1.39. The maximum absolute atomic E-state index is 12.7. The van der Waals surface area contributed by atoms with Crippen molar-refractivity contribution in [2.45, 2.75) is 28.0 Å². The number of phenolic OH excluding ortho intramolecular Hbond substituents is 1. The molecule has 0 spiro atoms. The third kappa shape index (κ3) is 5.52. The summed E-state index contributed by atoms with van der Waals surface area (Å²) in [6.45, 7) is 1.82. The number of carbonyl (C=O) groups excluding carboxylic acids is 1. The average molecular weight is 463 g/mol. The second-order valence-corrected chi connectivity index (χ2v) is 9.33. The van der Waals surface area contributed by atoms with Gasteiger partial charge in [0, 0.05) is 22.3 Å². The van der Waals surface area contributed by atoms with Crippen molar-refractivity contribution in [3.8, 4) is 11.4 Å². The van der Waals surface area contributed by atoms with E-state index in [0.717, 1.165) is 16.4 Å². The van der Waals surface area contributed by atoms with Crippen molar-refractivity contribution >= 4 is 35.1 Å². The summed E-state index contributed by atoms with van der Waals surface area (Å²) in [5, 5.41) is 21.5. The van der Waals surface area contributed by atoms with Gasteiger partial charge in [0.25, 0.3) is 0 Å². The van der Waals surface area contributed by atoms with Crippen LogP contribution in [0.25, 0.3) is 5.69 Å². The molecule has 0 saturated carbocycles. The molecular weight excluding hydrogens is 440 g/mol. The van der Waals surface area contributed by atoms with E-state index in [4.69, 9.17) is 0 Å². The van der Waals surface area contributed by atoms with Crippen molar-refractivity contribution in [3.05, 3.63) is 90.8 Å². The number of rotatable bonds is 8. The number of hydrogen-bond acceptors (Lipinski definition) is 6. The van der Waals surface area contributed by atoms with Crippen molar-refractivity contribution in [2.24, 2.45) is 0 Å². The fourth-order valence-corrected chi connectivity index (χ4v) is 4.73. The zero-order chi connectivity index (χ0) is 22.3. The molecule has 2 N–H and O–H groups in total. The molecule has 1 heterocycles. The highest BCUT2D eigenvalue weighted by Gasteiger charge is 2.21. The number of carbonyl (C=O) groups is 1. The van der Waals surface area contributed by atoms with Gasteiger partial charge in [0.15, 0.2) is 5.16 Å². The first-order chi connectivity index (χ1) is 15.6. The highest BCUT2D eigenvalue weighted by atomic mass is 32.2. The van der Waals surface area contributed by atoms with Gasteiger partial charge in [-0.2, -0.15) is 0 Å². The third-order valence-corrected chi connectivity index (χ3v) is 6.64. The Morgan fingerprint density at radius 1 is 1.00 bits per heavy atom. The van der Waals surface area contributed by atoms with Gasteiger partial charge in [-0.3, -0.25) is 9.36 Å². The minimum atomic E-state index is -0.418. The maximum Gasteiger partial charge on any atom is 0.237 e. The molecule has 8 heteroatoms. The van der Waals surface area contributed by atoms with E-state index in [2.05, 4.69) is 27.6 Å². The van der Waals surface area contributed by atoms with Crippen molar-refractivity contribution in [2.75, 3.05) is 5.32 Å². The number of phenols is 1. The van der Waals surface area contributed by atoms with Crippen LogP contribution >= 0.6 is 23.5 Å². The van der Waals surface area contributed by atoms with Gasteiger partial charge in [0.2, 0.25) is 5.91 Å². The number of hydrogen-bond donors (Lipinski definition) is 2. The van der Waals surface area contributed by atoms with Crippen LogP contribution in [-0.4, -0.2) is 31.0 Å². The number of nitrogens with zero attached hydrogens (tertiary/aromatic N) is 3. The molecule has 0 aliphatic heterocycles. The Balaban J connectivity index is 1.53. The van der Waals surface area contributed by atoms with Gasteiger partial charge in [-0.05, 0) is 43.3 Å². The highest BCUT2D eigenvalue weighted by molar-refractivity contribution is 8.00. The monoisotopic (exact) mass is 462 g/mol. The van der Waals surface area contributed by atoms with Crippen LogP contribution in [-0.2, 0) is 10.5 Å². The van der Waals surface area contributed by atoms with E-state index in [1.807, 2.05) is 60.0 Å². The van der Waals surface area contributed by atoms with Gasteiger partial charge in [0.05, 0.1) is 11.0 Å². The SMILES string of the molecule is CC(Sc1nnc(CSc2ccccc2)n1-c1ccccc1)C(=O)Nc1cccc(O)c1. The number of para-hydroxylation sites is 1. The Morgan fingerprint density at radius 2 is 1.72 bits per heavy atom. The Kier molecular flexibility index (Phi) is 7.14. The van der Waals surface area contributed by atoms with Crippen LogP contribution in [0.4, 0.5) is 5.69 Å². The van der Waals surface area contributed by atoms with E-state index in [-0.39, 0.29) is 11.7 Å². The van der Waals surface area contributed by atoms with E-state index >= 15 is 0 Å². The van der Waals surface area contributed by atoms with Crippen LogP contribution < -0.4 is 5.32 Å². The van der Waals surface area contributed by atoms with Gasteiger partial charge in [0.1, 0.15) is 11.6 Å². The van der Waals surface area contributed by atoms with Crippen LogP contribution in [0.1, 0.15) is 12.7 Å². The molecule has 0 radical (unpaired) electrons. The lowest BCUT2D eigenvalue weighted by Crippen LogP contribution is -2.22. The second kappa shape index (κ2) is 10.4. The largest absolute Gasteiger partial charge is 0.508 e. The van der Waals surface area contributed by atoms with Crippen molar-refractivity contribution in [1.29, 1.82) is 0 Å². The summed E-state index contributed by atoms with van der Waals surface area (Å²) in [6.07, 6.45) is 0. The number of amides is 1. The first-order valence-corrected chi connectivity index (χ1v) is 11.9. The third-order valence-electron chi connectivity index (χ3n) is 4.59. The van der Waals surface area contributed by atoms with Gasteiger partial charge in [-0.25, -0.2) is 0 Å². The molecule has 1 aromatic heterocycles. The summed E-state index contributed by atoms with van der Waals surface area (Å²) in [5.41, 5.74) is 1.50. The molecule has 1 atom stereocenters. The summed E-state index contributed by atoms with van der Waals surface area (Å²) in [6, 6.07) is 26.6. The fourth-order valence-electron chi connectivity index (χ4n) is 3.01. The van der Waals surface area contributed by atoms with E-state index in [0.29, 0.717) is 16.6 Å². The minimum Gasteiger partial charge on any atom is -0.508 e. The maximum atomic E-state index is 12.7. The summed E-state index contributed by atoms with van der Waals surface area (Å²) >= 11 is 3.03. The normalized spacial score (nSPS) is 11.8. The Labute approximate surface area is 195 Å². The van der Waals surface area contributed by atoms with Gasteiger partial charge in [-0.15, -0.1) is 22.0 Å². The van der Waals surface area contributed by atoms with Crippen LogP contribution in [0.2, 0.25) is 0 Å². The van der Waals surface area contributed by atoms with E-state index in [1.54, 1.807) is 30.0 Å². The zero-order valence-corrected chi connectivity index (χ0v) is 19.0. The predicted molar refractivity (Wildman–Crippen MR) is 129 cm³/mol. The molecule has 32 heavy (non-hydrogen) atoms. The number of thioether (sulfide) groups is 2. The zero-order valence-electron chi connectivity index (χ0n) is 17.4. The number of benzene rings is 3. The lowest BCUT2D eigenvalue weighted by Gasteiger charge is -2.14. The lowest BCUT2D eigenvalue weighted by atomic mass is 10.3.